The van der Waals surface area contributed by atoms with Crippen LogP contribution in [0.3, 0.4) is 0 Å². The molecule has 3 unspecified atom stereocenters. The zero-order chi connectivity index (χ0) is 10.6. The number of aliphatic hydroxyl groups is 1. The van der Waals surface area contributed by atoms with E-state index >= 15 is 0 Å². The van der Waals surface area contributed by atoms with Crippen LogP contribution in [0, 0.1) is 5.92 Å². The highest BCUT2D eigenvalue weighted by Gasteiger charge is 2.37. The first kappa shape index (κ1) is 12.0. The van der Waals surface area contributed by atoms with Crippen LogP contribution in [0.1, 0.15) is 52.9 Å². The maximum atomic E-state index is 9.59. The summed E-state index contributed by atoms with van der Waals surface area (Å²) in [7, 11) is 0. The average Bonchev–Trinajstić information content (AvgIpc) is 2.21. The normalized spacial score (nSPS) is 35.6. The first-order chi connectivity index (χ1) is 6.64. The Balaban J connectivity index is 2.62. The minimum Gasteiger partial charge on any atom is -0.394 e. The summed E-state index contributed by atoms with van der Waals surface area (Å²) >= 11 is 0. The zero-order valence-electron chi connectivity index (χ0n) is 9.84. The Hall–Kier alpha value is -0.0800. The van der Waals surface area contributed by atoms with Crippen molar-refractivity contribution in [2.75, 3.05) is 6.61 Å². The van der Waals surface area contributed by atoms with Gasteiger partial charge in [0.2, 0.25) is 0 Å². The number of aliphatic hydroxyl groups excluding tert-OH is 1. The van der Waals surface area contributed by atoms with Crippen LogP contribution in [0.5, 0.6) is 0 Å². The minimum atomic E-state index is 0.00762. The van der Waals surface area contributed by atoms with E-state index in [1.54, 1.807) is 0 Å². The Morgan fingerprint density at radius 2 is 2.21 bits per heavy atom. The van der Waals surface area contributed by atoms with Crippen molar-refractivity contribution in [1.82, 2.24) is 5.32 Å². The summed E-state index contributed by atoms with van der Waals surface area (Å²) < 4.78 is 0. The molecule has 1 aliphatic carbocycles. The Morgan fingerprint density at radius 1 is 1.50 bits per heavy atom. The molecule has 0 radical (unpaired) electrons. The van der Waals surface area contributed by atoms with Crippen molar-refractivity contribution in [2.45, 2.75) is 64.5 Å². The minimum absolute atomic E-state index is 0.00762. The van der Waals surface area contributed by atoms with Gasteiger partial charge in [-0.2, -0.15) is 0 Å². The molecule has 14 heavy (non-hydrogen) atoms. The van der Waals surface area contributed by atoms with Gasteiger partial charge < -0.3 is 10.4 Å². The molecule has 1 rings (SSSR count). The lowest BCUT2D eigenvalue weighted by molar-refractivity contribution is 0.0649. The molecule has 0 spiro atoms. The van der Waals surface area contributed by atoms with E-state index in [0.717, 1.165) is 12.8 Å². The lowest BCUT2D eigenvalue weighted by Gasteiger charge is -2.44. The smallest absolute Gasteiger partial charge is 0.0616 e. The molecule has 2 heteroatoms. The van der Waals surface area contributed by atoms with Crippen molar-refractivity contribution in [3.05, 3.63) is 0 Å². The fourth-order valence-corrected chi connectivity index (χ4v) is 2.50. The van der Waals surface area contributed by atoms with Gasteiger partial charge in [0.05, 0.1) is 6.61 Å². The van der Waals surface area contributed by atoms with E-state index < -0.39 is 0 Å². The maximum Gasteiger partial charge on any atom is 0.0616 e. The fraction of sp³-hybridized carbons (Fsp3) is 1.00. The van der Waals surface area contributed by atoms with Crippen molar-refractivity contribution < 1.29 is 5.11 Å². The van der Waals surface area contributed by atoms with Crippen molar-refractivity contribution in [3.63, 3.8) is 0 Å². The van der Waals surface area contributed by atoms with E-state index in [1.165, 1.54) is 19.3 Å². The lowest BCUT2D eigenvalue weighted by atomic mass is 9.73. The van der Waals surface area contributed by atoms with E-state index in [2.05, 4.69) is 26.1 Å². The third kappa shape index (κ3) is 2.48. The van der Waals surface area contributed by atoms with E-state index in [4.69, 9.17) is 0 Å². The molecule has 1 saturated carbocycles. The highest BCUT2D eigenvalue weighted by Crippen LogP contribution is 2.33. The highest BCUT2D eigenvalue weighted by atomic mass is 16.3. The Bertz CT molecular complexity index is 172. The standard InChI is InChI=1S/C12H25NO/c1-4-11(3)13-12(9-14)8-6-5-7-10(12)2/h10-11,13-14H,4-9H2,1-3H3. The molecule has 2 nitrogen and oxygen atoms in total. The second-order valence-corrected chi connectivity index (χ2v) is 4.91. The summed E-state index contributed by atoms with van der Waals surface area (Å²) in [5.41, 5.74) is 0.00762. The van der Waals surface area contributed by atoms with Crippen LogP contribution in [-0.2, 0) is 0 Å². The van der Waals surface area contributed by atoms with E-state index in [9.17, 15) is 5.11 Å². The molecule has 0 aromatic rings. The van der Waals surface area contributed by atoms with Crippen LogP contribution < -0.4 is 5.32 Å². The van der Waals surface area contributed by atoms with Crippen LogP contribution in [-0.4, -0.2) is 23.3 Å². The van der Waals surface area contributed by atoms with E-state index in [-0.39, 0.29) is 5.54 Å². The van der Waals surface area contributed by atoms with Gasteiger partial charge in [0.25, 0.3) is 0 Å². The molecule has 0 amide bonds. The van der Waals surface area contributed by atoms with Gasteiger partial charge in [-0.25, -0.2) is 0 Å². The molecule has 2 N–H and O–H groups in total. The molecule has 0 heterocycles. The molecule has 0 bridgehead atoms. The predicted molar refractivity (Wildman–Crippen MR) is 60.3 cm³/mol. The fourth-order valence-electron chi connectivity index (χ4n) is 2.50. The van der Waals surface area contributed by atoms with Crippen molar-refractivity contribution >= 4 is 0 Å². The largest absolute Gasteiger partial charge is 0.394 e. The molecular weight excluding hydrogens is 174 g/mol. The highest BCUT2D eigenvalue weighted by molar-refractivity contribution is 4.96. The van der Waals surface area contributed by atoms with Crippen LogP contribution in [0.2, 0.25) is 0 Å². The van der Waals surface area contributed by atoms with Crippen molar-refractivity contribution in [1.29, 1.82) is 0 Å². The van der Waals surface area contributed by atoms with Gasteiger partial charge in [-0.15, -0.1) is 0 Å². The van der Waals surface area contributed by atoms with Crippen LogP contribution in [0.25, 0.3) is 0 Å². The number of rotatable bonds is 4. The predicted octanol–water partition coefficient (Wildman–Crippen LogP) is 2.32. The SMILES string of the molecule is CCC(C)NC1(CO)CCCCC1C. The zero-order valence-corrected chi connectivity index (χ0v) is 9.84. The van der Waals surface area contributed by atoms with Gasteiger partial charge in [-0.3, -0.25) is 0 Å². The van der Waals surface area contributed by atoms with Gasteiger partial charge in [0, 0.05) is 11.6 Å². The Labute approximate surface area is 88.1 Å². The van der Waals surface area contributed by atoms with Gasteiger partial charge >= 0.3 is 0 Å². The van der Waals surface area contributed by atoms with Gasteiger partial charge in [0.1, 0.15) is 0 Å². The number of hydrogen-bond donors (Lipinski definition) is 2. The topological polar surface area (TPSA) is 32.3 Å². The Morgan fingerprint density at radius 3 is 2.71 bits per heavy atom. The molecule has 84 valence electrons. The molecule has 3 atom stereocenters. The molecule has 0 aliphatic heterocycles. The third-order valence-corrected chi connectivity index (χ3v) is 3.88. The summed E-state index contributed by atoms with van der Waals surface area (Å²) in [6.45, 7) is 6.96. The maximum absolute atomic E-state index is 9.59. The Kier molecular flexibility index (Phi) is 4.39. The summed E-state index contributed by atoms with van der Waals surface area (Å²) in [5, 5.41) is 13.2. The number of nitrogens with one attached hydrogen (secondary N) is 1. The first-order valence-electron chi connectivity index (χ1n) is 6.03. The second-order valence-electron chi connectivity index (χ2n) is 4.91. The second kappa shape index (κ2) is 5.13. The van der Waals surface area contributed by atoms with Crippen LogP contribution in [0.15, 0.2) is 0 Å². The summed E-state index contributed by atoms with van der Waals surface area (Å²) in [5.74, 6) is 0.607. The number of hydrogen-bond acceptors (Lipinski definition) is 2. The van der Waals surface area contributed by atoms with Gasteiger partial charge in [-0.1, -0.05) is 26.7 Å². The van der Waals surface area contributed by atoms with E-state index in [1.807, 2.05) is 0 Å². The monoisotopic (exact) mass is 199 g/mol. The molecular formula is C12H25NO. The summed E-state index contributed by atoms with van der Waals surface area (Å²) in [6, 6.07) is 0.516. The van der Waals surface area contributed by atoms with Crippen molar-refractivity contribution in [2.24, 2.45) is 5.92 Å². The quantitative estimate of drug-likeness (QED) is 0.728. The lowest BCUT2D eigenvalue weighted by Crippen LogP contribution is -2.57. The van der Waals surface area contributed by atoms with E-state index in [0.29, 0.717) is 18.6 Å². The van der Waals surface area contributed by atoms with Crippen molar-refractivity contribution in [3.8, 4) is 0 Å². The molecule has 0 aromatic heterocycles. The van der Waals surface area contributed by atoms with Crippen LogP contribution >= 0.6 is 0 Å². The average molecular weight is 199 g/mol. The summed E-state index contributed by atoms with van der Waals surface area (Å²) in [4.78, 5) is 0. The molecule has 1 aliphatic rings. The van der Waals surface area contributed by atoms with Gasteiger partial charge in [0.15, 0.2) is 0 Å². The molecule has 0 aromatic carbocycles. The molecule has 0 saturated heterocycles. The van der Waals surface area contributed by atoms with Crippen LogP contribution in [0.4, 0.5) is 0 Å². The first-order valence-corrected chi connectivity index (χ1v) is 6.03. The third-order valence-electron chi connectivity index (χ3n) is 3.88. The summed E-state index contributed by atoms with van der Waals surface area (Å²) in [6.07, 6.45) is 6.10. The molecule has 1 fully saturated rings. The van der Waals surface area contributed by atoms with Gasteiger partial charge in [-0.05, 0) is 32.1 Å².